The highest BCUT2D eigenvalue weighted by molar-refractivity contribution is 8.18. The van der Waals surface area contributed by atoms with Crippen molar-refractivity contribution in [1.29, 1.82) is 0 Å². The van der Waals surface area contributed by atoms with Crippen molar-refractivity contribution in [2.45, 2.75) is 13.5 Å². The highest BCUT2D eigenvalue weighted by Gasteiger charge is 2.35. The number of imide groups is 1. The number of thioether (sulfide) groups is 1. The molecule has 2 aromatic rings. The third kappa shape index (κ3) is 3.24. The monoisotopic (exact) mass is 326 g/mol. The topological polar surface area (TPSA) is 89.2 Å². The molecule has 0 atom stereocenters. The number of nitrogens with zero attached hydrogens (tertiary/aromatic N) is 3. The first kappa shape index (κ1) is 15.2. The molecule has 0 saturated carbocycles. The smallest absolute Gasteiger partial charge is 0.293 e. The standard InChI is InChI=1S/C16H14N4O2S/c1-10-18-8-12(14(17)19-10)9-20-15(21)13(23-16(20)22)7-11-5-3-2-4-6-11/h2-8H,9H2,1H3,(H2,17,18,19)/b13-7-. The van der Waals surface area contributed by atoms with Gasteiger partial charge in [-0.2, -0.15) is 0 Å². The van der Waals surface area contributed by atoms with Gasteiger partial charge in [0.1, 0.15) is 11.6 Å². The third-order valence-electron chi connectivity index (χ3n) is 3.32. The molecular weight excluding hydrogens is 312 g/mol. The van der Waals surface area contributed by atoms with Crippen molar-refractivity contribution < 1.29 is 9.59 Å². The van der Waals surface area contributed by atoms with Crippen LogP contribution in [-0.4, -0.2) is 26.0 Å². The Morgan fingerprint density at radius 2 is 2.00 bits per heavy atom. The van der Waals surface area contributed by atoms with Gasteiger partial charge >= 0.3 is 0 Å². The van der Waals surface area contributed by atoms with Gasteiger partial charge in [0.15, 0.2) is 0 Å². The Bertz CT molecular complexity index is 805. The second kappa shape index (κ2) is 6.21. The van der Waals surface area contributed by atoms with Crippen LogP contribution in [0.3, 0.4) is 0 Å². The number of hydrogen-bond donors (Lipinski definition) is 1. The van der Waals surface area contributed by atoms with Crippen molar-refractivity contribution >= 4 is 34.8 Å². The second-order valence-electron chi connectivity index (χ2n) is 5.01. The van der Waals surface area contributed by atoms with E-state index >= 15 is 0 Å². The minimum absolute atomic E-state index is 0.0723. The summed E-state index contributed by atoms with van der Waals surface area (Å²) in [6.07, 6.45) is 3.25. The molecule has 2 heterocycles. The molecule has 6 nitrogen and oxygen atoms in total. The first-order chi connectivity index (χ1) is 11.0. The van der Waals surface area contributed by atoms with E-state index in [4.69, 9.17) is 5.73 Å². The Balaban J connectivity index is 1.83. The summed E-state index contributed by atoms with van der Waals surface area (Å²) in [4.78, 5) is 34.2. The van der Waals surface area contributed by atoms with Gasteiger partial charge in [-0.25, -0.2) is 9.97 Å². The quantitative estimate of drug-likeness (QED) is 0.872. The van der Waals surface area contributed by atoms with E-state index in [2.05, 4.69) is 9.97 Å². The van der Waals surface area contributed by atoms with Crippen LogP contribution in [0.5, 0.6) is 0 Å². The largest absolute Gasteiger partial charge is 0.383 e. The van der Waals surface area contributed by atoms with Crippen molar-refractivity contribution in [3.05, 3.63) is 58.4 Å². The Labute approximate surface area is 137 Å². The lowest BCUT2D eigenvalue weighted by atomic mass is 10.2. The SMILES string of the molecule is Cc1ncc(CN2C(=O)S/C(=C\c3ccccc3)C2=O)c(N)n1. The zero-order chi connectivity index (χ0) is 16.4. The van der Waals surface area contributed by atoms with Crippen LogP contribution in [0, 0.1) is 6.92 Å². The predicted octanol–water partition coefficient (Wildman–Crippen LogP) is 2.60. The Hall–Kier alpha value is -2.67. The van der Waals surface area contributed by atoms with Crippen LogP contribution < -0.4 is 5.73 Å². The number of nitrogen functional groups attached to an aromatic ring is 1. The average Bonchev–Trinajstić information content (AvgIpc) is 2.78. The fourth-order valence-corrected chi connectivity index (χ4v) is 2.98. The van der Waals surface area contributed by atoms with Crippen LogP contribution in [0.25, 0.3) is 6.08 Å². The van der Waals surface area contributed by atoms with E-state index in [1.807, 2.05) is 30.3 Å². The van der Waals surface area contributed by atoms with Gasteiger partial charge in [-0.1, -0.05) is 30.3 Å². The van der Waals surface area contributed by atoms with Gasteiger partial charge < -0.3 is 5.73 Å². The van der Waals surface area contributed by atoms with Crippen LogP contribution in [0.4, 0.5) is 10.6 Å². The van der Waals surface area contributed by atoms with Gasteiger partial charge in [0, 0.05) is 11.8 Å². The number of anilines is 1. The molecule has 3 rings (SSSR count). The molecule has 116 valence electrons. The van der Waals surface area contributed by atoms with E-state index in [9.17, 15) is 9.59 Å². The van der Waals surface area contributed by atoms with Gasteiger partial charge in [-0.05, 0) is 30.3 Å². The molecule has 1 aromatic carbocycles. The Morgan fingerprint density at radius 3 is 2.70 bits per heavy atom. The second-order valence-corrected chi connectivity index (χ2v) is 6.00. The highest BCUT2D eigenvalue weighted by atomic mass is 32.2. The maximum Gasteiger partial charge on any atom is 0.293 e. The molecular formula is C16H14N4O2S. The van der Waals surface area contributed by atoms with E-state index < -0.39 is 0 Å². The van der Waals surface area contributed by atoms with Crippen molar-refractivity contribution in [2.24, 2.45) is 0 Å². The number of aryl methyl sites for hydroxylation is 1. The van der Waals surface area contributed by atoms with E-state index in [0.717, 1.165) is 22.2 Å². The fourth-order valence-electron chi connectivity index (χ4n) is 2.14. The molecule has 0 unspecified atom stereocenters. The number of carbonyl (C=O) groups excluding carboxylic acids is 2. The van der Waals surface area contributed by atoms with Crippen molar-refractivity contribution in [3.8, 4) is 0 Å². The Morgan fingerprint density at radius 1 is 1.26 bits per heavy atom. The predicted molar refractivity (Wildman–Crippen MR) is 89.1 cm³/mol. The van der Waals surface area contributed by atoms with Crippen LogP contribution in [0.15, 0.2) is 41.4 Å². The summed E-state index contributed by atoms with van der Waals surface area (Å²) in [7, 11) is 0. The van der Waals surface area contributed by atoms with E-state index in [1.54, 1.807) is 19.2 Å². The van der Waals surface area contributed by atoms with Gasteiger partial charge in [0.05, 0.1) is 11.4 Å². The molecule has 2 amide bonds. The zero-order valence-corrected chi connectivity index (χ0v) is 13.2. The van der Waals surface area contributed by atoms with Gasteiger partial charge in [-0.15, -0.1) is 0 Å². The number of benzene rings is 1. The lowest BCUT2D eigenvalue weighted by Crippen LogP contribution is -2.28. The number of hydrogen-bond acceptors (Lipinski definition) is 6. The summed E-state index contributed by atoms with van der Waals surface area (Å²) < 4.78 is 0. The minimum atomic E-state index is -0.330. The van der Waals surface area contributed by atoms with E-state index in [0.29, 0.717) is 16.3 Å². The number of nitrogens with two attached hydrogens (primary N) is 1. The number of carbonyl (C=O) groups is 2. The lowest BCUT2D eigenvalue weighted by molar-refractivity contribution is -0.123. The minimum Gasteiger partial charge on any atom is -0.383 e. The molecule has 0 radical (unpaired) electrons. The molecule has 0 spiro atoms. The molecule has 1 aliphatic rings. The zero-order valence-electron chi connectivity index (χ0n) is 12.4. The van der Waals surface area contributed by atoms with Crippen molar-refractivity contribution in [2.75, 3.05) is 5.73 Å². The summed E-state index contributed by atoms with van der Waals surface area (Å²) in [5.41, 5.74) is 7.25. The van der Waals surface area contributed by atoms with E-state index in [-0.39, 0.29) is 23.5 Å². The molecule has 23 heavy (non-hydrogen) atoms. The number of rotatable bonds is 3. The van der Waals surface area contributed by atoms with Crippen LogP contribution in [-0.2, 0) is 11.3 Å². The highest BCUT2D eigenvalue weighted by Crippen LogP contribution is 2.33. The first-order valence-electron chi connectivity index (χ1n) is 6.93. The molecule has 0 bridgehead atoms. The summed E-state index contributed by atoms with van der Waals surface area (Å²) in [5.74, 6) is 0.497. The van der Waals surface area contributed by atoms with Crippen LogP contribution in [0.2, 0.25) is 0 Å². The fraction of sp³-hybridized carbons (Fsp3) is 0.125. The van der Waals surface area contributed by atoms with Gasteiger partial charge in [0.2, 0.25) is 0 Å². The van der Waals surface area contributed by atoms with Crippen LogP contribution in [0.1, 0.15) is 17.0 Å². The van der Waals surface area contributed by atoms with Crippen LogP contribution >= 0.6 is 11.8 Å². The third-order valence-corrected chi connectivity index (χ3v) is 4.23. The van der Waals surface area contributed by atoms with Gasteiger partial charge in [-0.3, -0.25) is 14.5 Å². The van der Waals surface area contributed by atoms with Gasteiger partial charge in [0.25, 0.3) is 11.1 Å². The van der Waals surface area contributed by atoms with E-state index in [1.165, 1.54) is 0 Å². The Kier molecular flexibility index (Phi) is 4.12. The summed E-state index contributed by atoms with van der Waals surface area (Å²) in [5, 5.41) is -0.322. The summed E-state index contributed by atoms with van der Waals surface area (Å²) in [6, 6.07) is 9.39. The maximum absolute atomic E-state index is 12.4. The average molecular weight is 326 g/mol. The molecule has 7 heteroatoms. The first-order valence-corrected chi connectivity index (χ1v) is 7.74. The number of amides is 2. The normalized spacial score (nSPS) is 16.4. The molecule has 1 aromatic heterocycles. The molecule has 1 saturated heterocycles. The summed E-state index contributed by atoms with van der Waals surface area (Å²) >= 11 is 0.922. The molecule has 1 aliphatic heterocycles. The maximum atomic E-state index is 12.4. The summed E-state index contributed by atoms with van der Waals surface area (Å²) in [6.45, 7) is 1.80. The van der Waals surface area contributed by atoms with Crippen molar-refractivity contribution in [3.63, 3.8) is 0 Å². The molecule has 2 N–H and O–H groups in total. The molecule has 0 aliphatic carbocycles. The van der Waals surface area contributed by atoms with Crippen molar-refractivity contribution in [1.82, 2.24) is 14.9 Å². The number of aromatic nitrogens is 2. The lowest BCUT2D eigenvalue weighted by Gasteiger charge is -2.13. The molecule has 1 fully saturated rings.